The molecule has 1 aliphatic rings. The molecule has 0 aliphatic carbocycles. The van der Waals surface area contributed by atoms with Crippen LogP contribution in [0.5, 0.6) is 0 Å². The lowest BCUT2D eigenvalue weighted by Crippen LogP contribution is -2.50. The van der Waals surface area contributed by atoms with E-state index in [0.29, 0.717) is 22.9 Å². The predicted molar refractivity (Wildman–Crippen MR) is 70.2 cm³/mol. The molecule has 1 aliphatic heterocycles. The number of ketones is 1. The van der Waals surface area contributed by atoms with Crippen molar-refractivity contribution in [1.82, 2.24) is 4.90 Å². The van der Waals surface area contributed by atoms with Gasteiger partial charge < -0.3 is 9.64 Å². The van der Waals surface area contributed by atoms with Gasteiger partial charge in [-0.05, 0) is 32.9 Å². The van der Waals surface area contributed by atoms with Gasteiger partial charge in [0, 0.05) is 6.54 Å². The van der Waals surface area contributed by atoms with Gasteiger partial charge in [0.15, 0.2) is 5.78 Å². The van der Waals surface area contributed by atoms with Crippen LogP contribution in [0.1, 0.15) is 40.1 Å². The summed E-state index contributed by atoms with van der Waals surface area (Å²) in [7, 11) is 0. The number of ether oxygens (including phenoxy) is 1. The van der Waals surface area contributed by atoms with Crippen LogP contribution in [-0.4, -0.2) is 41.9 Å². The third kappa shape index (κ3) is 2.62. The van der Waals surface area contributed by atoms with Crippen LogP contribution in [0.15, 0.2) is 12.1 Å². The molecule has 2 heterocycles. The number of thiophene rings is 1. The number of Topliss-reactive ketones (excluding diaryl/α,β-unsaturated/α-hetero) is 1. The highest BCUT2D eigenvalue weighted by atomic mass is 32.1. The predicted octanol–water partition coefficient (Wildman–Crippen LogP) is 2.20. The van der Waals surface area contributed by atoms with Gasteiger partial charge in [-0.25, -0.2) is 0 Å². The van der Waals surface area contributed by atoms with E-state index in [1.54, 1.807) is 12.1 Å². The van der Waals surface area contributed by atoms with Crippen molar-refractivity contribution in [2.24, 2.45) is 0 Å². The molecule has 0 N–H and O–H groups in total. The molecule has 0 saturated carbocycles. The third-order valence-corrected chi connectivity index (χ3v) is 4.21. The maximum atomic E-state index is 12.4. The van der Waals surface area contributed by atoms with Crippen molar-refractivity contribution in [2.75, 3.05) is 13.2 Å². The van der Waals surface area contributed by atoms with E-state index < -0.39 is 0 Å². The lowest BCUT2D eigenvalue weighted by molar-refractivity contribution is -0.0385. The summed E-state index contributed by atoms with van der Waals surface area (Å²) in [6.07, 6.45) is 0.0670. The molecule has 18 heavy (non-hydrogen) atoms. The Balaban J connectivity index is 2.16. The van der Waals surface area contributed by atoms with Crippen molar-refractivity contribution in [3.05, 3.63) is 21.9 Å². The fourth-order valence-electron chi connectivity index (χ4n) is 1.97. The van der Waals surface area contributed by atoms with Crippen molar-refractivity contribution < 1.29 is 14.3 Å². The van der Waals surface area contributed by atoms with E-state index in [0.717, 1.165) is 0 Å². The summed E-state index contributed by atoms with van der Waals surface area (Å²) < 4.78 is 5.51. The van der Waals surface area contributed by atoms with Crippen molar-refractivity contribution in [1.29, 1.82) is 0 Å². The van der Waals surface area contributed by atoms with Gasteiger partial charge in [-0.2, -0.15) is 0 Å². The number of hydrogen-bond acceptors (Lipinski definition) is 4. The third-order valence-electron chi connectivity index (χ3n) is 3.03. The zero-order chi connectivity index (χ0) is 13.3. The Morgan fingerprint density at radius 1 is 1.33 bits per heavy atom. The Labute approximate surface area is 111 Å². The summed E-state index contributed by atoms with van der Waals surface area (Å²) in [4.78, 5) is 26.7. The molecule has 0 aromatic carbocycles. The fraction of sp³-hybridized carbons (Fsp3) is 0.538. The molecule has 2 rings (SSSR count). The van der Waals surface area contributed by atoms with Gasteiger partial charge in [-0.15, -0.1) is 11.3 Å². The molecule has 1 aromatic rings. The number of rotatable bonds is 2. The molecule has 4 nitrogen and oxygen atoms in total. The second kappa shape index (κ2) is 5.20. The molecule has 0 radical (unpaired) electrons. The van der Waals surface area contributed by atoms with Crippen LogP contribution in [0.4, 0.5) is 0 Å². The minimum absolute atomic E-state index is 0.00226. The zero-order valence-corrected chi connectivity index (χ0v) is 11.6. The number of carbonyl (C=O) groups excluding carboxylic acids is 2. The standard InChI is InChI=1S/C13H17NO3S/c1-8-7-17-9(2)6-14(8)13(16)12-5-4-11(18-12)10(3)15/h4-5,8-9H,6-7H2,1-3H3/t8-,9-/m0/s1. The Hall–Kier alpha value is -1.20. The fourth-order valence-corrected chi connectivity index (χ4v) is 2.83. The smallest absolute Gasteiger partial charge is 0.264 e. The van der Waals surface area contributed by atoms with E-state index in [-0.39, 0.29) is 23.8 Å². The van der Waals surface area contributed by atoms with Gasteiger partial charge in [0.25, 0.3) is 5.91 Å². The van der Waals surface area contributed by atoms with E-state index in [4.69, 9.17) is 4.74 Å². The highest BCUT2D eigenvalue weighted by molar-refractivity contribution is 7.15. The first-order valence-corrected chi connectivity index (χ1v) is 6.84. The van der Waals surface area contributed by atoms with Crippen LogP contribution in [0, 0.1) is 0 Å². The molecule has 1 amide bonds. The topological polar surface area (TPSA) is 46.6 Å². The normalized spacial score (nSPS) is 24.1. The Kier molecular flexibility index (Phi) is 3.82. The molecule has 0 bridgehead atoms. The summed E-state index contributed by atoms with van der Waals surface area (Å²) in [5, 5.41) is 0. The van der Waals surface area contributed by atoms with Gasteiger partial charge >= 0.3 is 0 Å². The summed E-state index contributed by atoms with van der Waals surface area (Å²) in [6, 6.07) is 3.53. The molecule has 1 saturated heterocycles. The monoisotopic (exact) mass is 267 g/mol. The second-order valence-corrected chi connectivity index (χ2v) is 5.75. The summed E-state index contributed by atoms with van der Waals surface area (Å²) in [6.45, 7) is 6.62. The zero-order valence-electron chi connectivity index (χ0n) is 10.8. The molecule has 2 atom stereocenters. The van der Waals surface area contributed by atoms with Gasteiger partial charge in [0.05, 0.1) is 28.5 Å². The van der Waals surface area contributed by atoms with E-state index in [1.807, 2.05) is 18.7 Å². The van der Waals surface area contributed by atoms with Crippen molar-refractivity contribution in [2.45, 2.75) is 32.9 Å². The Bertz CT molecular complexity index is 469. The molecule has 0 unspecified atom stereocenters. The van der Waals surface area contributed by atoms with Crippen LogP contribution in [0.2, 0.25) is 0 Å². The number of carbonyl (C=O) groups is 2. The first-order valence-electron chi connectivity index (χ1n) is 6.02. The first-order chi connectivity index (χ1) is 8.49. The average molecular weight is 267 g/mol. The lowest BCUT2D eigenvalue weighted by atomic mass is 10.2. The average Bonchev–Trinajstić information content (AvgIpc) is 2.81. The van der Waals surface area contributed by atoms with E-state index >= 15 is 0 Å². The van der Waals surface area contributed by atoms with Gasteiger partial charge in [0.2, 0.25) is 0 Å². The SMILES string of the molecule is CC(=O)c1ccc(C(=O)N2C[C@H](C)OC[C@@H]2C)s1. The van der Waals surface area contributed by atoms with E-state index in [1.165, 1.54) is 18.3 Å². The summed E-state index contributed by atoms with van der Waals surface area (Å²) in [5.41, 5.74) is 0. The van der Waals surface area contributed by atoms with Crippen LogP contribution >= 0.6 is 11.3 Å². The number of amides is 1. The summed E-state index contributed by atoms with van der Waals surface area (Å²) in [5.74, 6) is -0.00223. The highest BCUT2D eigenvalue weighted by Gasteiger charge is 2.29. The van der Waals surface area contributed by atoms with E-state index in [9.17, 15) is 9.59 Å². The van der Waals surface area contributed by atoms with Crippen LogP contribution < -0.4 is 0 Å². The molecular formula is C13H17NO3S. The van der Waals surface area contributed by atoms with Gasteiger partial charge in [-0.3, -0.25) is 9.59 Å². The second-order valence-electron chi connectivity index (χ2n) is 4.67. The maximum absolute atomic E-state index is 12.4. The molecular weight excluding hydrogens is 250 g/mol. The van der Waals surface area contributed by atoms with Crippen LogP contribution in [0.25, 0.3) is 0 Å². The quantitative estimate of drug-likeness (QED) is 0.772. The Morgan fingerprint density at radius 3 is 2.61 bits per heavy atom. The maximum Gasteiger partial charge on any atom is 0.264 e. The largest absolute Gasteiger partial charge is 0.375 e. The lowest BCUT2D eigenvalue weighted by Gasteiger charge is -2.36. The number of hydrogen-bond donors (Lipinski definition) is 0. The highest BCUT2D eigenvalue weighted by Crippen LogP contribution is 2.22. The van der Waals surface area contributed by atoms with Gasteiger partial charge in [0.1, 0.15) is 0 Å². The number of morpholine rings is 1. The minimum Gasteiger partial charge on any atom is -0.375 e. The molecule has 1 aromatic heterocycles. The van der Waals surface area contributed by atoms with Gasteiger partial charge in [-0.1, -0.05) is 0 Å². The minimum atomic E-state index is -0.00449. The molecule has 5 heteroatoms. The van der Waals surface area contributed by atoms with Crippen LogP contribution in [-0.2, 0) is 4.74 Å². The van der Waals surface area contributed by atoms with E-state index in [2.05, 4.69) is 0 Å². The number of nitrogens with zero attached hydrogens (tertiary/aromatic N) is 1. The van der Waals surface area contributed by atoms with Crippen molar-refractivity contribution in [3.8, 4) is 0 Å². The van der Waals surface area contributed by atoms with Crippen molar-refractivity contribution >= 4 is 23.0 Å². The van der Waals surface area contributed by atoms with Crippen molar-refractivity contribution in [3.63, 3.8) is 0 Å². The molecule has 1 fully saturated rings. The molecule has 0 spiro atoms. The van der Waals surface area contributed by atoms with Crippen LogP contribution in [0.3, 0.4) is 0 Å². The first kappa shape index (κ1) is 13.2. The molecule has 98 valence electrons. The Morgan fingerprint density at radius 2 is 2.00 bits per heavy atom. The summed E-state index contributed by atoms with van der Waals surface area (Å²) >= 11 is 1.26.